The average molecular weight is 251 g/mol. The first-order chi connectivity index (χ1) is 8.31. The van der Waals surface area contributed by atoms with Gasteiger partial charge in [-0.15, -0.1) is 0 Å². The third-order valence-corrected chi connectivity index (χ3v) is 4.11. The molecular formula is C14H19ClN2. The van der Waals surface area contributed by atoms with Gasteiger partial charge < -0.3 is 10.2 Å². The minimum atomic E-state index is 0.735. The van der Waals surface area contributed by atoms with Crippen molar-refractivity contribution in [1.82, 2.24) is 4.90 Å². The molecule has 0 unspecified atom stereocenters. The van der Waals surface area contributed by atoms with Gasteiger partial charge in [-0.3, -0.25) is 0 Å². The minimum absolute atomic E-state index is 0.735. The molecule has 1 atom stereocenters. The summed E-state index contributed by atoms with van der Waals surface area (Å²) in [5, 5.41) is 4.38. The van der Waals surface area contributed by atoms with Crippen LogP contribution in [0.15, 0.2) is 18.2 Å². The highest BCUT2D eigenvalue weighted by molar-refractivity contribution is 6.30. The Morgan fingerprint density at radius 1 is 1.29 bits per heavy atom. The van der Waals surface area contributed by atoms with Gasteiger partial charge in [0.25, 0.3) is 0 Å². The second kappa shape index (κ2) is 4.87. The van der Waals surface area contributed by atoms with Crippen molar-refractivity contribution in [3.63, 3.8) is 0 Å². The zero-order chi connectivity index (χ0) is 11.7. The van der Waals surface area contributed by atoms with Crippen molar-refractivity contribution < 1.29 is 0 Å². The maximum atomic E-state index is 6.06. The Balaban J connectivity index is 1.67. The largest absolute Gasteiger partial charge is 0.384 e. The molecule has 1 aromatic carbocycles. The predicted molar refractivity (Wildman–Crippen MR) is 72.8 cm³/mol. The lowest BCUT2D eigenvalue weighted by atomic mass is 9.93. The summed E-state index contributed by atoms with van der Waals surface area (Å²) >= 11 is 6.06. The molecular weight excluding hydrogens is 232 g/mol. The van der Waals surface area contributed by atoms with E-state index in [1.54, 1.807) is 0 Å². The van der Waals surface area contributed by atoms with Crippen LogP contribution in [0.5, 0.6) is 0 Å². The molecule has 2 nitrogen and oxygen atoms in total. The normalized spacial score (nSPS) is 24.4. The van der Waals surface area contributed by atoms with Crippen molar-refractivity contribution in [2.75, 3.05) is 31.5 Å². The van der Waals surface area contributed by atoms with E-state index < -0.39 is 0 Å². The van der Waals surface area contributed by atoms with E-state index in [2.05, 4.69) is 22.3 Å². The van der Waals surface area contributed by atoms with Crippen LogP contribution in [0, 0.1) is 5.92 Å². The first-order valence-electron chi connectivity index (χ1n) is 6.56. The number of fused-ring (bicyclic) bond motifs is 1. The minimum Gasteiger partial charge on any atom is -0.384 e. The third-order valence-electron chi connectivity index (χ3n) is 3.87. The summed E-state index contributed by atoms with van der Waals surface area (Å²) in [4.78, 5) is 2.60. The van der Waals surface area contributed by atoms with Crippen molar-refractivity contribution in [2.24, 2.45) is 5.92 Å². The zero-order valence-corrected chi connectivity index (χ0v) is 10.8. The fourth-order valence-electron chi connectivity index (χ4n) is 3.00. The highest BCUT2D eigenvalue weighted by atomic mass is 35.5. The number of anilines is 1. The van der Waals surface area contributed by atoms with Gasteiger partial charge in [0.1, 0.15) is 0 Å². The highest BCUT2D eigenvalue weighted by Crippen LogP contribution is 2.28. The van der Waals surface area contributed by atoms with Crippen LogP contribution in [0.25, 0.3) is 0 Å². The van der Waals surface area contributed by atoms with Gasteiger partial charge in [0.05, 0.1) is 0 Å². The molecule has 2 aliphatic rings. The molecule has 1 fully saturated rings. The number of rotatable bonds is 2. The average Bonchev–Trinajstić information content (AvgIpc) is 2.81. The molecule has 2 aliphatic heterocycles. The standard InChI is InChI=1S/C14H19ClN2/c15-13-3-4-14-12(8-13)7-11(9-16-14)10-17-5-1-2-6-17/h3-4,8,11,16H,1-2,5-7,9-10H2/t11-/m0/s1. The summed E-state index contributed by atoms with van der Waals surface area (Å²) in [5.74, 6) is 0.735. The second-order valence-corrected chi connectivity index (χ2v) is 5.70. The molecule has 0 amide bonds. The monoisotopic (exact) mass is 250 g/mol. The van der Waals surface area contributed by atoms with Gasteiger partial charge in [-0.1, -0.05) is 11.6 Å². The maximum Gasteiger partial charge on any atom is 0.0410 e. The van der Waals surface area contributed by atoms with Crippen LogP contribution in [-0.4, -0.2) is 31.1 Å². The van der Waals surface area contributed by atoms with Crippen molar-refractivity contribution in [1.29, 1.82) is 0 Å². The van der Waals surface area contributed by atoms with Gasteiger partial charge in [-0.25, -0.2) is 0 Å². The summed E-state index contributed by atoms with van der Waals surface area (Å²) in [6.07, 6.45) is 3.92. The Kier molecular flexibility index (Phi) is 3.26. The fraction of sp³-hybridized carbons (Fsp3) is 0.571. The summed E-state index contributed by atoms with van der Waals surface area (Å²) in [6, 6.07) is 6.18. The molecule has 0 radical (unpaired) electrons. The molecule has 1 N–H and O–H groups in total. The van der Waals surface area contributed by atoms with E-state index in [1.807, 2.05) is 6.07 Å². The van der Waals surface area contributed by atoms with Gasteiger partial charge in [-0.2, -0.15) is 0 Å². The molecule has 0 aromatic heterocycles. The SMILES string of the molecule is Clc1ccc2c(c1)C[C@H](CN1CCCC1)CN2. The quantitative estimate of drug-likeness (QED) is 0.868. The predicted octanol–water partition coefficient (Wildman–Crippen LogP) is 3.02. The molecule has 3 rings (SSSR count). The van der Waals surface area contributed by atoms with Crippen molar-refractivity contribution in [3.05, 3.63) is 28.8 Å². The van der Waals surface area contributed by atoms with Crippen LogP contribution >= 0.6 is 11.6 Å². The van der Waals surface area contributed by atoms with E-state index >= 15 is 0 Å². The van der Waals surface area contributed by atoms with Crippen molar-refractivity contribution in [3.8, 4) is 0 Å². The molecule has 0 saturated carbocycles. The Labute approximate surface area is 108 Å². The van der Waals surface area contributed by atoms with Crippen molar-refractivity contribution in [2.45, 2.75) is 19.3 Å². The van der Waals surface area contributed by atoms with E-state index in [1.165, 1.54) is 50.1 Å². The summed E-state index contributed by atoms with van der Waals surface area (Å²) in [5.41, 5.74) is 2.65. The van der Waals surface area contributed by atoms with E-state index in [0.717, 1.165) is 17.5 Å². The lowest BCUT2D eigenvalue weighted by Gasteiger charge is -2.29. The number of benzene rings is 1. The molecule has 17 heavy (non-hydrogen) atoms. The van der Waals surface area contributed by atoms with Gasteiger partial charge in [0.15, 0.2) is 0 Å². The van der Waals surface area contributed by atoms with Gasteiger partial charge in [0.2, 0.25) is 0 Å². The Morgan fingerprint density at radius 3 is 2.94 bits per heavy atom. The van der Waals surface area contributed by atoms with Gasteiger partial charge in [-0.05, 0) is 62.0 Å². The topological polar surface area (TPSA) is 15.3 Å². The molecule has 1 saturated heterocycles. The fourth-order valence-corrected chi connectivity index (χ4v) is 3.20. The van der Waals surface area contributed by atoms with E-state index in [0.29, 0.717) is 0 Å². The number of likely N-dealkylation sites (tertiary alicyclic amines) is 1. The smallest absolute Gasteiger partial charge is 0.0410 e. The molecule has 0 spiro atoms. The number of halogens is 1. The van der Waals surface area contributed by atoms with Gasteiger partial charge in [0, 0.05) is 23.8 Å². The highest BCUT2D eigenvalue weighted by Gasteiger charge is 2.22. The first-order valence-corrected chi connectivity index (χ1v) is 6.94. The molecule has 3 heteroatoms. The number of hydrogen-bond acceptors (Lipinski definition) is 2. The maximum absolute atomic E-state index is 6.06. The zero-order valence-electron chi connectivity index (χ0n) is 10.1. The third kappa shape index (κ3) is 2.58. The van der Waals surface area contributed by atoms with Crippen LogP contribution in [0.2, 0.25) is 5.02 Å². The Hall–Kier alpha value is -0.730. The summed E-state index contributed by atoms with van der Waals surface area (Å²) < 4.78 is 0. The van der Waals surface area contributed by atoms with Crippen LogP contribution in [0.4, 0.5) is 5.69 Å². The van der Waals surface area contributed by atoms with E-state index in [4.69, 9.17) is 11.6 Å². The summed E-state index contributed by atoms with van der Waals surface area (Å²) in [6.45, 7) is 4.92. The van der Waals surface area contributed by atoms with E-state index in [9.17, 15) is 0 Å². The summed E-state index contributed by atoms with van der Waals surface area (Å²) in [7, 11) is 0. The second-order valence-electron chi connectivity index (χ2n) is 5.26. The van der Waals surface area contributed by atoms with Crippen LogP contribution < -0.4 is 5.32 Å². The Bertz CT molecular complexity index is 399. The number of hydrogen-bond donors (Lipinski definition) is 1. The van der Waals surface area contributed by atoms with E-state index in [-0.39, 0.29) is 0 Å². The molecule has 2 heterocycles. The molecule has 0 aliphatic carbocycles. The van der Waals surface area contributed by atoms with Gasteiger partial charge >= 0.3 is 0 Å². The van der Waals surface area contributed by atoms with Crippen LogP contribution in [0.1, 0.15) is 18.4 Å². The number of nitrogens with zero attached hydrogens (tertiary/aromatic N) is 1. The lowest BCUT2D eigenvalue weighted by Crippen LogP contribution is -2.34. The number of nitrogens with one attached hydrogen (secondary N) is 1. The molecule has 0 bridgehead atoms. The lowest BCUT2D eigenvalue weighted by molar-refractivity contribution is 0.280. The van der Waals surface area contributed by atoms with Crippen molar-refractivity contribution >= 4 is 17.3 Å². The molecule has 1 aromatic rings. The first kappa shape index (κ1) is 11.4. The Morgan fingerprint density at radius 2 is 2.12 bits per heavy atom. The molecule has 92 valence electrons. The van der Waals surface area contributed by atoms with Crippen LogP contribution in [-0.2, 0) is 6.42 Å². The van der Waals surface area contributed by atoms with Crippen LogP contribution in [0.3, 0.4) is 0 Å².